The van der Waals surface area contributed by atoms with E-state index < -0.39 is 0 Å². The Morgan fingerprint density at radius 2 is 2.08 bits per heavy atom. The van der Waals surface area contributed by atoms with Crippen LogP contribution in [0.1, 0.15) is 13.8 Å². The summed E-state index contributed by atoms with van der Waals surface area (Å²) in [5, 5.41) is 0. The van der Waals surface area contributed by atoms with Gasteiger partial charge in [-0.1, -0.05) is 29.4 Å². The molecule has 0 saturated heterocycles. The number of hydrogen-bond acceptors (Lipinski definition) is 3. The van der Waals surface area contributed by atoms with Crippen LogP contribution in [-0.2, 0) is 9.53 Å². The highest BCUT2D eigenvalue weighted by atomic mass is 79.9. The van der Waals surface area contributed by atoms with Gasteiger partial charge in [0.15, 0.2) is 0 Å². The lowest BCUT2D eigenvalue weighted by molar-refractivity contribution is -0.144. The number of carbonyl (C=O) groups excluding carboxylic acids is 1. The summed E-state index contributed by atoms with van der Waals surface area (Å²) in [6.45, 7) is 9.77. The normalized spacial score (nSPS) is 10.2. The lowest BCUT2D eigenvalue weighted by atomic mass is 10.4. The van der Waals surface area contributed by atoms with E-state index in [-0.39, 0.29) is 5.97 Å². The zero-order valence-electron chi connectivity index (χ0n) is 8.18. The van der Waals surface area contributed by atoms with Crippen molar-refractivity contribution in [1.82, 2.24) is 4.90 Å². The SMILES string of the molecule is C=C(Br)CN(CC)CC(=O)OCC. The Hall–Kier alpha value is -0.350. The Morgan fingerprint density at radius 1 is 1.46 bits per heavy atom. The van der Waals surface area contributed by atoms with Gasteiger partial charge in [0.2, 0.25) is 0 Å². The molecule has 0 bridgehead atoms. The van der Waals surface area contributed by atoms with Crippen LogP contribution in [0.3, 0.4) is 0 Å². The van der Waals surface area contributed by atoms with Crippen LogP contribution in [0.5, 0.6) is 0 Å². The number of ether oxygens (including phenoxy) is 1. The molecular formula is C9H16BrNO2. The van der Waals surface area contributed by atoms with E-state index in [2.05, 4.69) is 22.5 Å². The Kier molecular flexibility index (Phi) is 6.90. The molecule has 0 spiro atoms. The Bertz CT molecular complexity index is 182. The molecule has 0 aliphatic carbocycles. The number of halogens is 1. The fraction of sp³-hybridized carbons (Fsp3) is 0.667. The van der Waals surface area contributed by atoms with Gasteiger partial charge in [-0.2, -0.15) is 0 Å². The fourth-order valence-electron chi connectivity index (χ4n) is 0.911. The monoisotopic (exact) mass is 249 g/mol. The van der Waals surface area contributed by atoms with E-state index in [0.29, 0.717) is 19.7 Å². The first-order valence-corrected chi connectivity index (χ1v) is 5.10. The van der Waals surface area contributed by atoms with E-state index in [1.807, 2.05) is 11.8 Å². The average Bonchev–Trinajstić information content (AvgIpc) is 2.02. The molecule has 4 heteroatoms. The van der Waals surface area contributed by atoms with E-state index in [4.69, 9.17) is 4.74 Å². The third-order valence-corrected chi connectivity index (χ3v) is 1.75. The molecule has 0 saturated carbocycles. The molecule has 0 heterocycles. The van der Waals surface area contributed by atoms with Crippen molar-refractivity contribution in [2.75, 3.05) is 26.2 Å². The molecule has 0 aliphatic heterocycles. The molecular weight excluding hydrogens is 234 g/mol. The number of nitrogens with zero attached hydrogens (tertiary/aromatic N) is 1. The van der Waals surface area contributed by atoms with Crippen molar-refractivity contribution in [1.29, 1.82) is 0 Å². The summed E-state index contributed by atoms with van der Waals surface area (Å²) in [6.07, 6.45) is 0. The predicted molar refractivity (Wildman–Crippen MR) is 56.8 cm³/mol. The van der Waals surface area contributed by atoms with Crippen LogP contribution >= 0.6 is 15.9 Å². The van der Waals surface area contributed by atoms with Crippen LogP contribution in [0, 0.1) is 0 Å². The summed E-state index contributed by atoms with van der Waals surface area (Å²) in [6, 6.07) is 0. The maximum atomic E-state index is 11.1. The quantitative estimate of drug-likeness (QED) is 0.673. The van der Waals surface area contributed by atoms with Crippen molar-refractivity contribution in [3.8, 4) is 0 Å². The Labute approximate surface area is 87.9 Å². The molecule has 0 N–H and O–H groups in total. The summed E-state index contributed by atoms with van der Waals surface area (Å²) in [7, 11) is 0. The summed E-state index contributed by atoms with van der Waals surface area (Å²) >= 11 is 3.26. The number of esters is 1. The van der Waals surface area contributed by atoms with Crippen molar-refractivity contribution in [3.63, 3.8) is 0 Å². The second-order valence-electron chi connectivity index (χ2n) is 2.63. The minimum Gasteiger partial charge on any atom is -0.465 e. The number of carbonyl (C=O) groups is 1. The van der Waals surface area contributed by atoms with E-state index >= 15 is 0 Å². The minimum absolute atomic E-state index is 0.182. The molecule has 3 nitrogen and oxygen atoms in total. The predicted octanol–water partition coefficient (Wildman–Crippen LogP) is 1.78. The van der Waals surface area contributed by atoms with E-state index in [1.165, 1.54) is 0 Å². The second-order valence-corrected chi connectivity index (χ2v) is 3.75. The average molecular weight is 250 g/mol. The molecule has 0 aromatic carbocycles. The first kappa shape index (κ1) is 12.7. The second kappa shape index (κ2) is 7.09. The molecule has 0 aliphatic rings. The molecule has 0 amide bonds. The first-order valence-electron chi connectivity index (χ1n) is 4.31. The van der Waals surface area contributed by atoms with Gasteiger partial charge >= 0.3 is 5.97 Å². The van der Waals surface area contributed by atoms with Gasteiger partial charge in [0.05, 0.1) is 13.2 Å². The van der Waals surface area contributed by atoms with Gasteiger partial charge < -0.3 is 4.74 Å². The van der Waals surface area contributed by atoms with Crippen molar-refractivity contribution in [3.05, 3.63) is 11.1 Å². The van der Waals surface area contributed by atoms with E-state index in [1.54, 1.807) is 6.92 Å². The first-order chi connectivity index (χ1) is 6.10. The van der Waals surface area contributed by atoms with Gasteiger partial charge in [-0.3, -0.25) is 9.69 Å². The molecule has 76 valence electrons. The number of likely N-dealkylation sites (N-methyl/N-ethyl adjacent to an activating group) is 1. The summed E-state index contributed by atoms with van der Waals surface area (Å²) in [4.78, 5) is 13.0. The van der Waals surface area contributed by atoms with Crippen molar-refractivity contribution in [2.45, 2.75) is 13.8 Å². The third kappa shape index (κ3) is 6.78. The zero-order valence-corrected chi connectivity index (χ0v) is 9.76. The lowest BCUT2D eigenvalue weighted by Gasteiger charge is -2.18. The maximum Gasteiger partial charge on any atom is 0.320 e. The maximum absolute atomic E-state index is 11.1. The Balaban J connectivity index is 3.83. The summed E-state index contributed by atoms with van der Waals surface area (Å²) < 4.78 is 5.70. The van der Waals surface area contributed by atoms with Crippen LogP contribution in [0.15, 0.2) is 11.1 Å². The zero-order chi connectivity index (χ0) is 10.3. The lowest BCUT2D eigenvalue weighted by Crippen LogP contribution is -2.31. The largest absolute Gasteiger partial charge is 0.465 e. The standard InChI is InChI=1S/C9H16BrNO2/c1-4-11(6-8(3)10)7-9(12)13-5-2/h3-7H2,1-2H3. The molecule has 0 rings (SSSR count). The smallest absolute Gasteiger partial charge is 0.320 e. The molecule has 0 fully saturated rings. The van der Waals surface area contributed by atoms with Crippen LogP contribution in [0.25, 0.3) is 0 Å². The van der Waals surface area contributed by atoms with Gasteiger partial charge in [-0.25, -0.2) is 0 Å². The Morgan fingerprint density at radius 3 is 2.46 bits per heavy atom. The van der Waals surface area contributed by atoms with Crippen molar-refractivity contribution >= 4 is 21.9 Å². The highest BCUT2D eigenvalue weighted by Gasteiger charge is 2.09. The fourth-order valence-corrected chi connectivity index (χ4v) is 1.27. The van der Waals surface area contributed by atoms with Gasteiger partial charge in [-0.15, -0.1) is 0 Å². The highest BCUT2D eigenvalue weighted by molar-refractivity contribution is 9.11. The van der Waals surface area contributed by atoms with Crippen molar-refractivity contribution in [2.24, 2.45) is 0 Å². The van der Waals surface area contributed by atoms with Crippen molar-refractivity contribution < 1.29 is 9.53 Å². The van der Waals surface area contributed by atoms with Gasteiger partial charge in [0, 0.05) is 11.0 Å². The molecule has 0 aromatic heterocycles. The molecule has 0 aromatic rings. The molecule has 0 radical (unpaired) electrons. The topological polar surface area (TPSA) is 29.5 Å². The summed E-state index contributed by atoms with van der Waals surface area (Å²) in [5.41, 5.74) is 0. The van der Waals surface area contributed by atoms with Gasteiger partial charge in [0.25, 0.3) is 0 Å². The van der Waals surface area contributed by atoms with Gasteiger partial charge in [0.1, 0.15) is 0 Å². The van der Waals surface area contributed by atoms with Crippen LogP contribution < -0.4 is 0 Å². The highest BCUT2D eigenvalue weighted by Crippen LogP contribution is 2.03. The third-order valence-electron chi connectivity index (χ3n) is 1.50. The molecule has 0 unspecified atom stereocenters. The van der Waals surface area contributed by atoms with Gasteiger partial charge in [-0.05, 0) is 13.5 Å². The number of hydrogen-bond donors (Lipinski definition) is 0. The van der Waals surface area contributed by atoms with Crippen LogP contribution in [0.2, 0.25) is 0 Å². The van der Waals surface area contributed by atoms with E-state index in [0.717, 1.165) is 11.0 Å². The van der Waals surface area contributed by atoms with Crippen LogP contribution in [0.4, 0.5) is 0 Å². The molecule has 0 atom stereocenters. The number of rotatable bonds is 6. The minimum atomic E-state index is -0.182. The van der Waals surface area contributed by atoms with E-state index in [9.17, 15) is 4.79 Å². The summed E-state index contributed by atoms with van der Waals surface area (Å²) in [5.74, 6) is -0.182. The van der Waals surface area contributed by atoms with Crippen LogP contribution in [-0.4, -0.2) is 37.1 Å². The molecule has 13 heavy (non-hydrogen) atoms.